The van der Waals surface area contributed by atoms with Crippen molar-refractivity contribution in [2.24, 2.45) is 5.10 Å². The van der Waals surface area contributed by atoms with Gasteiger partial charge in [0.05, 0.1) is 11.9 Å². The van der Waals surface area contributed by atoms with E-state index in [9.17, 15) is 13.2 Å². The van der Waals surface area contributed by atoms with Crippen molar-refractivity contribution in [3.8, 4) is 22.8 Å². The lowest BCUT2D eigenvalue weighted by atomic mass is 10.0. The van der Waals surface area contributed by atoms with Crippen LogP contribution in [0.2, 0.25) is 0 Å². The third-order valence-electron chi connectivity index (χ3n) is 5.53. The number of hydrogen-bond donors (Lipinski definition) is 3. The third-order valence-corrected chi connectivity index (χ3v) is 5.72. The Hall–Kier alpha value is -4.45. The highest BCUT2D eigenvalue weighted by Gasteiger charge is 2.31. The molecule has 3 N–H and O–H groups in total. The van der Waals surface area contributed by atoms with Crippen LogP contribution < -0.4 is 20.8 Å². The summed E-state index contributed by atoms with van der Waals surface area (Å²) < 4.78 is 42.8. The summed E-state index contributed by atoms with van der Waals surface area (Å²) in [5.41, 5.74) is 7.01. The summed E-state index contributed by atoms with van der Waals surface area (Å²) in [4.78, 5) is 4.49. The van der Waals surface area contributed by atoms with Gasteiger partial charge < -0.3 is 15.4 Å². The molecule has 12 heteroatoms. The molecule has 0 saturated heterocycles. The van der Waals surface area contributed by atoms with Crippen LogP contribution in [0, 0.1) is 0 Å². The van der Waals surface area contributed by atoms with E-state index in [0.29, 0.717) is 28.5 Å². The first kappa shape index (κ1) is 27.6. The molecule has 0 fully saturated rings. The summed E-state index contributed by atoms with van der Waals surface area (Å²) in [6, 6.07) is 20.7. The molecule has 0 aliphatic carbocycles. The molecule has 1 aromatic heterocycles. The summed E-state index contributed by atoms with van der Waals surface area (Å²) in [7, 11) is 1.68. The quantitative estimate of drug-likeness (QED) is 0.134. The summed E-state index contributed by atoms with van der Waals surface area (Å²) in [5.74, 6) is 0.887. The number of nitrogens with zero attached hydrogens (tertiary/aromatic N) is 4. The van der Waals surface area contributed by atoms with Crippen LogP contribution in [0.4, 0.5) is 24.8 Å². The average Bonchev–Trinajstić information content (AvgIpc) is 3.33. The SMILES string of the molecule is CNc1nc(-c2ccc(C=NNC(=S)Nc3ccccc3C(C)C)cc2)nn1-c1ccc(OC(F)(F)F)cc1. The fourth-order valence-electron chi connectivity index (χ4n) is 3.71. The predicted molar refractivity (Wildman–Crippen MR) is 151 cm³/mol. The Morgan fingerprint density at radius 2 is 1.72 bits per heavy atom. The standard InChI is InChI=1S/C27H26F3N7OS/c1-17(2)22-6-4-5-7-23(22)33-26(39)35-32-16-18-8-10-19(11-9-18)24-34-25(31-3)37(36-24)20-12-14-21(15-13-20)38-27(28,29)30/h4-17H,1-3H3,(H,31,34,36)(H2,33,35,39). The Balaban J connectivity index is 1.41. The molecule has 4 rings (SSSR count). The van der Waals surface area contributed by atoms with E-state index in [4.69, 9.17) is 12.2 Å². The van der Waals surface area contributed by atoms with Gasteiger partial charge in [-0.1, -0.05) is 56.3 Å². The van der Waals surface area contributed by atoms with Crippen LogP contribution in [0.1, 0.15) is 30.9 Å². The van der Waals surface area contributed by atoms with Crippen molar-refractivity contribution < 1.29 is 17.9 Å². The summed E-state index contributed by atoms with van der Waals surface area (Å²) in [6.45, 7) is 4.24. The Labute approximate surface area is 228 Å². The minimum Gasteiger partial charge on any atom is -0.406 e. The normalized spacial score (nSPS) is 11.6. The van der Waals surface area contributed by atoms with Crippen molar-refractivity contribution >= 4 is 35.2 Å². The van der Waals surface area contributed by atoms with Crippen molar-refractivity contribution in [1.29, 1.82) is 0 Å². The number of thiocarbonyl (C=S) groups is 1. The summed E-state index contributed by atoms with van der Waals surface area (Å²) in [6.07, 6.45) is -3.12. The van der Waals surface area contributed by atoms with Gasteiger partial charge in [-0.2, -0.15) is 14.8 Å². The second-order valence-electron chi connectivity index (χ2n) is 8.65. The zero-order valence-corrected chi connectivity index (χ0v) is 22.1. The number of anilines is 2. The second-order valence-corrected chi connectivity index (χ2v) is 9.06. The first-order valence-electron chi connectivity index (χ1n) is 11.9. The molecule has 0 bridgehead atoms. The molecule has 8 nitrogen and oxygen atoms in total. The highest BCUT2D eigenvalue weighted by molar-refractivity contribution is 7.80. The maximum atomic E-state index is 12.4. The van der Waals surface area contributed by atoms with Gasteiger partial charge in [0.2, 0.25) is 5.95 Å². The van der Waals surface area contributed by atoms with Crippen LogP contribution in [0.15, 0.2) is 77.9 Å². The lowest BCUT2D eigenvalue weighted by molar-refractivity contribution is -0.274. The molecule has 202 valence electrons. The number of hydrogen-bond acceptors (Lipinski definition) is 6. The molecule has 0 unspecified atom stereocenters. The molecule has 0 radical (unpaired) electrons. The molecule has 0 amide bonds. The van der Waals surface area contributed by atoms with Crippen LogP contribution in [0.5, 0.6) is 5.75 Å². The van der Waals surface area contributed by atoms with Gasteiger partial charge in [0, 0.05) is 18.3 Å². The molecule has 4 aromatic rings. The van der Waals surface area contributed by atoms with E-state index in [1.165, 1.54) is 28.9 Å². The van der Waals surface area contributed by atoms with E-state index in [1.807, 2.05) is 42.5 Å². The van der Waals surface area contributed by atoms with Gasteiger partial charge in [0.15, 0.2) is 10.9 Å². The molecule has 0 aliphatic heterocycles. The zero-order valence-electron chi connectivity index (χ0n) is 21.3. The molecule has 0 spiro atoms. The van der Waals surface area contributed by atoms with Gasteiger partial charge in [-0.15, -0.1) is 18.3 Å². The highest BCUT2D eigenvalue weighted by atomic mass is 32.1. The Morgan fingerprint density at radius 1 is 1.03 bits per heavy atom. The van der Waals surface area contributed by atoms with Crippen LogP contribution in [0.25, 0.3) is 17.1 Å². The smallest absolute Gasteiger partial charge is 0.406 e. The van der Waals surface area contributed by atoms with Crippen LogP contribution in [-0.2, 0) is 0 Å². The number of halogens is 3. The van der Waals surface area contributed by atoms with Crippen LogP contribution in [-0.4, -0.2) is 39.5 Å². The van der Waals surface area contributed by atoms with E-state index in [2.05, 4.69) is 55.9 Å². The summed E-state index contributed by atoms with van der Waals surface area (Å²) in [5, 5.41) is 15.2. The number of benzene rings is 3. The van der Waals surface area contributed by atoms with E-state index < -0.39 is 6.36 Å². The fourth-order valence-corrected chi connectivity index (χ4v) is 3.88. The van der Waals surface area contributed by atoms with Crippen molar-refractivity contribution in [2.45, 2.75) is 26.1 Å². The number of nitrogens with one attached hydrogen (secondary N) is 3. The molecular weight excluding hydrogens is 527 g/mol. The monoisotopic (exact) mass is 553 g/mol. The minimum absolute atomic E-state index is 0.318. The first-order valence-corrected chi connectivity index (χ1v) is 12.3. The van der Waals surface area contributed by atoms with Crippen molar-refractivity contribution in [2.75, 3.05) is 17.7 Å². The van der Waals surface area contributed by atoms with E-state index in [1.54, 1.807) is 13.3 Å². The Kier molecular flexibility index (Phi) is 8.45. The van der Waals surface area contributed by atoms with Crippen molar-refractivity contribution in [3.05, 3.63) is 83.9 Å². The topological polar surface area (TPSA) is 88.4 Å². The number of rotatable bonds is 8. The van der Waals surface area contributed by atoms with Crippen LogP contribution >= 0.6 is 12.2 Å². The van der Waals surface area contributed by atoms with Gasteiger partial charge in [0.1, 0.15) is 5.75 Å². The van der Waals surface area contributed by atoms with Crippen molar-refractivity contribution in [3.63, 3.8) is 0 Å². The Morgan fingerprint density at radius 3 is 2.36 bits per heavy atom. The first-order chi connectivity index (χ1) is 18.6. The third kappa shape index (κ3) is 7.32. The van der Waals surface area contributed by atoms with Gasteiger partial charge >= 0.3 is 6.36 Å². The average molecular weight is 554 g/mol. The zero-order chi connectivity index (χ0) is 28.0. The largest absolute Gasteiger partial charge is 0.573 e. The highest BCUT2D eigenvalue weighted by Crippen LogP contribution is 2.26. The predicted octanol–water partition coefficient (Wildman–Crippen LogP) is 6.32. The van der Waals surface area contributed by atoms with E-state index >= 15 is 0 Å². The van der Waals surface area contributed by atoms with Gasteiger partial charge in [-0.25, -0.2) is 0 Å². The maximum Gasteiger partial charge on any atom is 0.573 e. The molecule has 0 aliphatic rings. The number of aromatic nitrogens is 3. The van der Waals surface area contributed by atoms with Gasteiger partial charge in [0.25, 0.3) is 0 Å². The molecule has 0 atom stereocenters. The second kappa shape index (κ2) is 11.9. The number of para-hydroxylation sites is 1. The molecule has 39 heavy (non-hydrogen) atoms. The minimum atomic E-state index is -4.76. The molecule has 3 aromatic carbocycles. The lowest BCUT2D eigenvalue weighted by Crippen LogP contribution is -2.24. The molecule has 0 saturated carbocycles. The van der Waals surface area contributed by atoms with E-state index in [-0.39, 0.29) is 5.75 Å². The fraction of sp³-hybridized carbons (Fsp3) is 0.185. The number of hydrazone groups is 1. The van der Waals surface area contributed by atoms with Crippen molar-refractivity contribution in [1.82, 2.24) is 20.2 Å². The summed E-state index contributed by atoms with van der Waals surface area (Å²) >= 11 is 5.36. The Bertz CT molecular complexity index is 1450. The van der Waals surface area contributed by atoms with Crippen LogP contribution in [0.3, 0.4) is 0 Å². The van der Waals surface area contributed by atoms with E-state index in [0.717, 1.165) is 22.4 Å². The van der Waals surface area contributed by atoms with Gasteiger partial charge in [-0.3, -0.25) is 5.43 Å². The number of ether oxygens (including phenoxy) is 1. The number of alkyl halides is 3. The van der Waals surface area contributed by atoms with Gasteiger partial charge in [-0.05, 0) is 59.6 Å². The molecular formula is C27H26F3N7OS. The molecule has 1 heterocycles. The maximum absolute atomic E-state index is 12.4. The lowest BCUT2D eigenvalue weighted by Gasteiger charge is -2.14.